The van der Waals surface area contributed by atoms with Crippen LogP contribution in [0.1, 0.15) is 50.9 Å². The third kappa shape index (κ3) is 6.40. The molecule has 1 saturated carbocycles. The highest BCUT2D eigenvalue weighted by Gasteiger charge is 2.32. The van der Waals surface area contributed by atoms with Gasteiger partial charge < -0.3 is 29.9 Å². The molecule has 188 valence electrons. The number of rotatable bonds is 4. The van der Waals surface area contributed by atoms with Crippen LogP contribution in [0.2, 0.25) is 0 Å². The van der Waals surface area contributed by atoms with Crippen LogP contribution < -0.4 is 15.4 Å². The van der Waals surface area contributed by atoms with E-state index in [0.29, 0.717) is 30.1 Å². The van der Waals surface area contributed by atoms with E-state index in [-0.39, 0.29) is 54.5 Å². The number of benzene rings is 1. The largest absolute Gasteiger partial charge is 0.491 e. The summed E-state index contributed by atoms with van der Waals surface area (Å²) < 4.78 is 11.8. The van der Waals surface area contributed by atoms with Gasteiger partial charge in [-0.15, -0.1) is 0 Å². The van der Waals surface area contributed by atoms with Crippen LogP contribution in [0.3, 0.4) is 0 Å². The summed E-state index contributed by atoms with van der Waals surface area (Å²) in [6.07, 6.45) is 1.56. The molecule has 9 nitrogen and oxygen atoms in total. The fourth-order valence-corrected chi connectivity index (χ4v) is 4.05. The molecule has 0 aromatic heterocycles. The Bertz CT molecular complexity index is 901. The van der Waals surface area contributed by atoms with Crippen LogP contribution in [-0.2, 0) is 9.53 Å². The second kappa shape index (κ2) is 11.1. The predicted molar refractivity (Wildman–Crippen MR) is 130 cm³/mol. The molecule has 1 aromatic carbocycles. The highest BCUT2D eigenvalue weighted by atomic mass is 16.5. The number of anilines is 1. The third-order valence-corrected chi connectivity index (χ3v) is 6.34. The van der Waals surface area contributed by atoms with E-state index in [1.54, 1.807) is 42.2 Å². The zero-order valence-corrected chi connectivity index (χ0v) is 21.1. The van der Waals surface area contributed by atoms with E-state index in [2.05, 4.69) is 10.6 Å². The molecule has 0 spiro atoms. The number of hydrogen-bond donors (Lipinski definition) is 2. The minimum absolute atomic E-state index is 0.00218. The molecule has 3 rings (SSSR count). The highest BCUT2D eigenvalue weighted by Crippen LogP contribution is 2.32. The first-order valence-electron chi connectivity index (χ1n) is 12.0. The Hall–Kier alpha value is -2.81. The van der Waals surface area contributed by atoms with Crippen LogP contribution in [-0.4, -0.2) is 79.7 Å². The van der Waals surface area contributed by atoms with E-state index in [1.165, 1.54) is 0 Å². The summed E-state index contributed by atoms with van der Waals surface area (Å²) in [5, 5.41) is 5.88. The van der Waals surface area contributed by atoms with E-state index in [9.17, 15) is 14.4 Å². The van der Waals surface area contributed by atoms with Gasteiger partial charge in [0.25, 0.3) is 5.91 Å². The fraction of sp³-hybridized carbons (Fsp3) is 0.640. The Balaban J connectivity index is 1.92. The van der Waals surface area contributed by atoms with E-state index in [4.69, 9.17) is 9.47 Å². The molecule has 1 aliphatic heterocycles. The van der Waals surface area contributed by atoms with E-state index in [1.807, 2.05) is 27.7 Å². The van der Waals surface area contributed by atoms with Crippen molar-refractivity contribution in [2.75, 3.05) is 39.2 Å². The number of likely N-dealkylation sites (N-methyl/N-ethyl adjacent to an activating group) is 1. The smallest absolute Gasteiger partial charge is 0.317 e. The zero-order valence-electron chi connectivity index (χ0n) is 21.1. The van der Waals surface area contributed by atoms with Gasteiger partial charge >= 0.3 is 6.03 Å². The molecule has 1 aliphatic carbocycles. The summed E-state index contributed by atoms with van der Waals surface area (Å²) in [5.41, 5.74) is 0.990. The standard InChI is InChI=1S/C25H38N4O5/c1-15(2)26-25(32)29-12-16(3)22(33-6)13-28(5)24(31)20-10-9-19(27-23(30)18-7-8-18)11-21(20)34-14-17(29)4/h9-11,15-18,22H,7-8,12-14H2,1-6H3,(H,26,32)(H,27,30)/t16-,17+,22-/m0/s1. The quantitative estimate of drug-likeness (QED) is 0.699. The Kier molecular flexibility index (Phi) is 8.41. The van der Waals surface area contributed by atoms with Crippen molar-refractivity contribution in [3.63, 3.8) is 0 Å². The van der Waals surface area contributed by atoms with Crippen LogP contribution >= 0.6 is 0 Å². The van der Waals surface area contributed by atoms with Gasteiger partial charge in [-0.25, -0.2) is 4.79 Å². The number of urea groups is 1. The van der Waals surface area contributed by atoms with Gasteiger partial charge in [-0.1, -0.05) is 6.92 Å². The molecular formula is C25H38N4O5. The lowest BCUT2D eigenvalue weighted by Gasteiger charge is -2.36. The lowest BCUT2D eigenvalue weighted by atomic mass is 10.0. The minimum Gasteiger partial charge on any atom is -0.491 e. The first-order valence-corrected chi connectivity index (χ1v) is 12.0. The summed E-state index contributed by atoms with van der Waals surface area (Å²) in [6, 6.07) is 4.67. The minimum atomic E-state index is -0.261. The molecule has 0 unspecified atom stereocenters. The monoisotopic (exact) mass is 474 g/mol. The number of carbonyl (C=O) groups excluding carboxylic acids is 3. The van der Waals surface area contributed by atoms with Gasteiger partial charge in [0.05, 0.1) is 17.7 Å². The first-order chi connectivity index (χ1) is 16.1. The SMILES string of the molecule is CO[C@H]1CN(C)C(=O)c2ccc(NC(=O)C3CC3)cc2OC[C@@H](C)N(C(=O)NC(C)C)C[C@@H]1C. The van der Waals surface area contributed by atoms with E-state index in [0.717, 1.165) is 12.8 Å². The second-order valence-corrected chi connectivity index (χ2v) is 9.83. The highest BCUT2D eigenvalue weighted by molar-refractivity contribution is 5.99. The molecule has 1 fully saturated rings. The molecule has 0 saturated heterocycles. The number of amides is 4. The maximum Gasteiger partial charge on any atom is 0.317 e. The van der Waals surface area contributed by atoms with Crippen LogP contribution in [0, 0.1) is 11.8 Å². The molecule has 1 heterocycles. The number of ether oxygens (including phenoxy) is 2. The average Bonchev–Trinajstić information content (AvgIpc) is 3.63. The topological polar surface area (TPSA) is 100 Å². The molecule has 34 heavy (non-hydrogen) atoms. The van der Waals surface area contributed by atoms with E-state index >= 15 is 0 Å². The third-order valence-electron chi connectivity index (χ3n) is 6.34. The summed E-state index contributed by atoms with van der Waals surface area (Å²) in [4.78, 5) is 41.9. The van der Waals surface area contributed by atoms with Gasteiger partial charge in [0.2, 0.25) is 5.91 Å². The maximum atomic E-state index is 13.3. The molecule has 1 aromatic rings. The van der Waals surface area contributed by atoms with Crippen molar-refractivity contribution in [1.29, 1.82) is 0 Å². The molecule has 2 aliphatic rings. The maximum absolute atomic E-state index is 13.3. The van der Waals surface area contributed by atoms with Crippen molar-refractivity contribution in [3.8, 4) is 5.75 Å². The summed E-state index contributed by atoms with van der Waals surface area (Å²) in [6.45, 7) is 8.80. The molecule has 2 N–H and O–H groups in total. The fourth-order valence-electron chi connectivity index (χ4n) is 4.05. The van der Waals surface area contributed by atoms with Gasteiger partial charge in [-0.3, -0.25) is 9.59 Å². The van der Waals surface area contributed by atoms with E-state index < -0.39 is 0 Å². The Labute approximate surface area is 202 Å². The number of hydrogen-bond acceptors (Lipinski definition) is 5. The first kappa shape index (κ1) is 25.8. The van der Waals surface area contributed by atoms with Crippen molar-refractivity contribution in [2.24, 2.45) is 11.8 Å². The van der Waals surface area contributed by atoms with Crippen molar-refractivity contribution >= 4 is 23.5 Å². The van der Waals surface area contributed by atoms with Crippen molar-refractivity contribution in [1.82, 2.24) is 15.1 Å². The average molecular weight is 475 g/mol. The van der Waals surface area contributed by atoms with Gasteiger partial charge in [0.1, 0.15) is 12.4 Å². The van der Waals surface area contributed by atoms with Crippen molar-refractivity contribution < 1.29 is 23.9 Å². The van der Waals surface area contributed by atoms with Gasteiger partial charge in [0, 0.05) is 56.9 Å². The zero-order chi connectivity index (χ0) is 25.0. The molecule has 0 radical (unpaired) electrons. The number of carbonyl (C=O) groups is 3. The predicted octanol–water partition coefficient (Wildman–Crippen LogP) is 2.96. The number of nitrogens with one attached hydrogen (secondary N) is 2. The van der Waals surface area contributed by atoms with Crippen LogP contribution in [0.15, 0.2) is 18.2 Å². The summed E-state index contributed by atoms with van der Waals surface area (Å²) in [5.74, 6) is 0.227. The normalized spacial score (nSPS) is 24.0. The van der Waals surface area contributed by atoms with Crippen LogP contribution in [0.25, 0.3) is 0 Å². The van der Waals surface area contributed by atoms with Crippen molar-refractivity contribution in [3.05, 3.63) is 23.8 Å². The number of nitrogens with zero attached hydrogens (tertiary/aromatic N) is 2. The molecule has 0 bridgehead atoms. The molecule has 4 amide bonds. The molecular weight excluding hydrogens is 436 g/mol. The van der Waals surface area contributed by atoms with Gasteiger partial charge in [-0.05, 0) is 45.7 Å². The Morgan fingerprint density at radius 1 is 1.18 bits per heavy atom. The molecule has 9 heteroatoms. The number of fused-ring (bicyclic) bond motifs is 1. The van der Waals surface area contributed by atoms with Crippen LogP contribution in [0.5, 0.6) is 5.75 Å². The lowest BCUT2D eigenvalue weighted by Crippen LogP contribution is -2.52. The number of methoxy groups -OCH3 is 1. The molecule has 3 atom stereocenters. The van der Waals surface area contributed by atoms with Gasteiger partial charge in [-0.2, -0.15) is 0 Å². The Morgan fingerprint density at radius 2 is 1.88 bits per heavy atom. The lowest BCUT2D eigenvalue weighted by molar-refractivity contribution is -0.117. The van der Waals surface area contributed by atoms with Gasteiger partial charge in [0.15, 0.2) is 0 Å². The van der Waals surface area contributed by atoms with Crippen molar-refractivity contribution in [2.45, 2.75) is 58.7 Å². The van der Waals surface area contributed by atoms with Crippen LogP contribution in [0.4, 0.5) is 10.5 Å². The Morgan fingerprint density at radius 3 is 2.50 bits per heavy atom. The summed E-state index contributed by atoms with van der Waals surface area (Å²) in [7, 11) is 3.35. The second-order valence-electron chi connectivity index (χ2n) is 9.83. The summed E-state index contributed by atoms with van der Waals surface area (Å²) >= 11 is 0.